The predicted octanol–water partition coefficient (Wildman–Crippen LogP) is 14.8. The van der Waals surface area contributed by atoms with Crippen LogP contribution in [0.1, 0.15) is 113 Å². The molecule has 5 saturated carbocycles. The molecule has 0 aromatic heterocycles. The topological polar surface area (TPSA) is 3.24 Å². The highest BCUT2D eigenvalue weighted by Gasteiger charge is 2.62. The Kier molecular flexibility index (Phi) is 7.77. The third-order valence-corrected chi connectivity index (χ3v) is 17.9. The summed E-state index contributed by atoms with van der Waals surface area (Å²) >= 11 is 0. The Bertz CT molecular complexity index is 2840. The van der Waals surface area contributed by atoms with E-state index >= 15 is 0 Å². The fourth-order valence-corrected chi connectivity index (χ4v) is 16.1. The summed E-state index contributed by atoms with van der Waals surface area (Å²) in [4.78, 5) is 2.63. The van der Waals surface area contributed by atoms with Crippen LogP contribution in [0, 0.1) is 29.6 Å². The molecule has 7 aromatic carbocycles. The monoisotopic (exact) mass is 801 g/mol. The van der Waals surface area contributed by atoms with E-state index in [2.05, 4.69) is 169 Å². The lowest BCUT2D eigenvalue weighted by molar-refractivity contribution is -0.00519. The van der Waals surface area contributed by atoms with E-state index in [1.54, 1.807) is 27.8 Å². The number of anilines is 3. The van der Waals surface area contributed by atoms with E-state index in [9.17, 15) is 0 Å². The van der Waals surface area contributed by atoms with Gasteiger partial charge in [0.2, 0.25) is 0 Å². The first-order chi connectivity index (χ1) is 30.6. The highest BCUT2D eigenvalue weighted by atomic mass is 15.1. The zero-order chi connectivity index (χ0) is 40.6. The highest BCUT2D eigenvalue weighted by Crippen LogP contribution is 2.68. The molecular formula is C61H55N. The second-order valence-electron chi connectivity index (χ2n) is 21.0. The minimum absolute atomic E-state index is 0.0377. The van der Waals surface area contributed by atoms with Gasteiger partial charge in [0, 0.05) is 22.7 Å². The van der Waals surface area contributed by atoms with Crippen molar-refractivity contribution in [1.29, 1.82) is 0 Å². The molecule has 1 nitrogen and oxygen atoms in total. The van der Waals surface area contributed by atoms with Crippen molar-refractivity contribution in [3.63, 3.8) is 0 Å². The van der Waals surface area contributed by atoms with Gasteiger partial charge in [0.25, 0.3) is 0 Å². The van der Waals surface area contributed by atoms with Crippen molar-refractivity contribution in [3.05, 3.63) is 219 Å². The van der Waals surface area contributed by atoms with Gasteiger partial charge in [0.15, 0.2) is 0 Å². The molecule has 8 aliphatic carbocycles. The van der Waals surface area contributed by atoms with Crippen molar-refractivity contribution < 1.29 is 0 Å². The molecule has 4 atom stereocenters. The van der Waals surface area contributed by atoms with E-state index in [4.69, 9.17) is 0 Å². The highest BCUT2D eigenvalue weighted by molar-refractivity contribution is 5.86. The normalized spacial score (nSPS) is 28.2. The van der Waals surface area contributed by atoms with Gasteiger partial charge in [0.05, 0.1) is 5.69 Å². The zero-order valence-electron chi connectivity index (χ0n) is 35.8. The Morgan fingerprint density at radius 1 is 0.468 bits per heavy atom. The Morgan fingerprint density at radius 3 is 1.79 bits per heavy atom. The van der Waals surface area contributed by atoms with Crippen LogP contribution in [0.3, 0.4) is 0 Å². The number of hydrogen-bond acceptors (Lipinski definition) is 1. The van der Waals surface area contributed by atoms with Gasteiger partial charge in [-0.2, -0.15) is 0 Å². The number of fused-ring (bicyclic) bond motifs is 5. The molecule has 5 fully saturated rings. The minimum Gasteiger partial charge on any atom is -0.310 e. The quantitative estimate of drug-likeness (QED) is 0.145. The standard InChI is InChI=1S/C61H55N/c1-3-11-42(12-4-1)57(43-21-23-48(24-22-43)60-36-39-29-40(37-60)31-41(30-39)38-60)55-19-9-14-45-33-49-25-26-50-34-46-15-10-20-56(59(46)61(49,50)58(45)55)62(51-16-5-2-6-17-51)52-27-28-54-47(35-52)32-44-13-7-8-18-53(44)54/h1-24,27-28,35,39-41,49-50,57H,25-26,29-34,36-38H2. The van der Waals surface area contributed by atoms with Crippen molar-refractivity contribution in [2.24, 2.45) is 29.6 Å². The molecule has 0 N–H and O–H groups in total. The summed E-state index contributed by atoms with van der Waals surface area (Å²) in [5.74, 6) is 4.21. The van der Waals surface area contributed by atoms with Gasteiger partial charge in [-0.25, -0.2) is 0 Å². The lowest BCUT2D eigenvalue weighted by Gasteiger charge is -2.57. The van der Waals surface area contributed by atoms with E-state index in [0.29, 0.717) is 17.3 Å². The van der Waals surface area contributed by atoms with Crippen LogP contribution in [-0.4, -0.2) is 0 Å². The number of benzene rings is 7. The Labute approximate surface area is 367 Å². The van der Waals surface area contributed by atoms with E-state index in [1.807, 2.05) is 0 Å². The smallest absolute Gasteiger partial charge is 0.0505 e. The summed E-state index contributed by atoms with van der Waals surface area (Å²) in [5.41, 5.74) is 22.3. The molecule has 4 bridgehead atoms. The first kappa shape index (κ1) is 35.9. The van der Waals surface area contributed by atoms with Crippen LogP contribution in [0.2, 0.25) is 0 Å². The van der Waals surface area contributed by atoms with Gasteiger partial charge in [-0.05, 0) is 203 Å². The van der Waals surface area contributed by atoms with E-state index in [1.165, 1.54) is 114 Å². The Morgan fingerprint density at radius 2 is 1.06 bits per heavy atom. The summed E-state index contributed by atoms with van der Waals surface area (Å²) < 4.78 is 0. The van der Waals surface area contributed by atoms with Crippen molar-refractivity contribution >= 4 is 17.1 Å². The molecule has 1 heteroatoms. The van der Waals surface area contributed by atoms with Crippen LogP contribution in [0.5, 0.6) is 0 Å². The second-order valence-corrected chi connectivity index (χ2v) is 21.0. The molecule has 4 unspecified atom stereocenters. The summed E-state index contributed by atoms with van der Waals surface area (Å²) in [6.45, 7) is 0. The molecule has 1 spiro atoms. The Hall–Kier alpha value is -5.66. The van der Waals surface area contributed by atoms with Gasteiger partial charge in [0.1, 0.15) is 0 Å². The lowest BCUT2D eigenvalue weighted by atomic mass is 9.48. The van der Waals surface area contributed by atoms with Crippen LogP contribution >= 0.6 is 0 Å². The number of hydrogen-bond donors (Lipinski definition) is 0. The van der Waals surface area contributed by atoms with Crippen LogP contribution in [-0.2, 0) is 30.1 Å². The maximum atomic E-state index is 2.63. The molecule has 0 saturated heterocycles. The van der Waals surface area contributed by atoms with Gasteiger partial charge >= 0.3 is 0 Å². The average Bonchev–Trinajstić information content (AvgIpc) is 4.04. The maximum absolute atomic E-state index is 2.63. The van der Waals surface area contributed by atoms with Crippen molar-refractivity contribution in [2.75, 3.05) is 4.90 Å². The lowest BCUT2D eigenvalue weighted by Crippen LogP contribution is -2.48. The van der Waals surface area contributed by atoms with Crippen molar-refractivity contribution in [2.45, 2.75) is 87.4 Å². The molecule has 0 amide bonds. The number of rotatable bonds is 7. The van der Waals surface area contributed by atoms with Gasteiger partial charge in [-0.1, -0.05) is 133 Å². The summed E-state index contributed by atoms with van der Waals surface area (Å²) in [5, 5.41) is 0. The Balaban J connectivity index is 0.940. The second kappa shape index (κ2) is 13.4. The number of para-hydroxylation sites is 1. The number of nitrogens with zero attached hydrogens (tertiary/aromatic N) is 1. The molecule has 0 aliphatic heterocycles. The summed E-state index contributed by atoms with van der Waals surface area (Å²) in [7, 11) is 0. The largest absolute Gasteiger partial charge is 0.310 e. The molecule has 8 aliphatic rings. The van der Waals surface area contributed by atoms with E-state index in [-0.39, 0.29) is 11.3 Å². The fraction of sp³-hybridized carbons (Fsp3) is 0.311. The average molecular weight is 802 g/mol. The SMILES string of the molecule is c1ccc(C(c2ccc(C34CC5CC(CC(C5)C3)C4)cc2)c2cccc3c2C24c5c(cccc5N(c5ccccc5)c5ccc6c(c5)Cc5ccccc5-6)CC2CCC4C3)cc1. The summed E-state index contributed by atoms with van der Waals surface area (Å²) in [6, 6.07) is 64.2. The molecular weight excluding hydrogens is 747 g/mol. The fourth-order valence-electron chi connectivity index (χ4n) is 16.1. The van der Waals surface area contributed by atoms with Gasteiger partial charge < -0.3 is 4.90 Å². The summed E-state index contributed by atoms with van der Waals surface area (Å²) in [6.07, 6.45) is 14.6. The molecule has 304 valence electrons. The van der Waals surface area contributed by atoms with Crippen LogP contribution in [0.15, 0.2) is 164 Å². The molecule has 62 heavy (non-hydrogen) atoms. The van der Waals surface area contributed by atoms with Gasteiger partial charge in [-0.15, -0.1) is 0 Å². The molecule has 7 aromatic rings. The predicted molar refractivity (Wildman–Crippen MR) is 254 cm³/mol. The van der Waals surface area contributed by atoms with Crippen molar-refractivity contribution in [1.82, 2.24) is 0 Å². The van der Waals surface area contributed by atoms with Crippen molar-refractivity contribution in [3.8, 4) is 11.1 Å². The van der Waals surface area contributed by atoms with E-state index < -0.39 is 0 Å². The third kappa shape index (κ3) is 5.09. The van der Waals surface area contributed by atoms with Crippen LogP contribution in [0.25, 0.3) is 11.1 Å². The first-order valence-electron chi connectivity index (χ1n) is 24.1. The van der Waals surface area contributed by atoms with E-state index in [0.717, 1.165) is 30.6 Å². The van der Waals surface area contributed by atoms with Crippen LogP contribution in [0.4, 0.5) is 17.1 Å². The maximum Gasteiger partial charge on any atom is 0.0505 e. The molecule has 15 rings (SSSR count). The third-order valence-electron chi connectivity index (χ3n) is 17.9. The zero-order valence-corrected chi connectivity index (χ0v) is 35.8. The van der Waals surface area contributed by atoms with Gasteiger partial charge in [-0.3, -0.25) is 0 Å². The first-order valence-corrected chi connectivity index (χ1v) is 24.1. The minimum atomic E-state index is -0.0377. The van der Waals surface area contributed by atoms with Crippen LogP contribution < -0.4 is 4.90 Å². The molecule has 0 radical (unpaired) electrons. The molecule has 0 heterocycles.